The van der Waals surface area contributed by atoms with Gasteiger partial charge in [-0.25, -0.2) is 0 Å². The molecular formula is C18H17ClN6O2. The molecule has 1 aromatic carbocycles. The number of pyridine rings is 1. The molecule has 0 aliphatic heterocycles. The van der Waals surface area contributed by atoms with Crippen molar-refractivity contribution in [2.75, 3.05) is 5.32 Å². The van der Waals surface area contributed by atoms with E-state index in [1.807, 2.05) is 0 Å². The van der Waals surface area contributed by atoms with Crippen LogP contribution in [0, 0.1) is 0 Å². The molecule has 27 heavy (non-hydrogen) atoms. The molecule has 3 aromatic rings. The van der Waals surface area contributed by atoms with E-state index >= 15 is 0 Å². The minimum atomic E-state index is -0.691. The molecule has 1 aliphatic carbocycles. The van der Waals surface area contributed by atoms with Gasteiger partial charge in [0.2, 0.25) is 0 Å². The Morgan fingerprint density at radius 2 is 2.22 bits per heavy atom. The first-order valence-corrected chi connectivity index (χ1v) is 8.95. The normalized spacial score (nSPS) is 14.6. The number of ether oxygens (including phenoxy) is 1. The molecule has 2 aromatic heterocycles. The van der Waals surface area contributed by atoms with Crippen molar-refractivity contribution in [1.29, 1.82) is 0 Å². The quantitative estimate of drug-likeness (QED) is 0.702. The smallest absolute Gasteiger partial charge is 0.265 e. The number of rotatable bonds is 6. The summed E-state index contributed by atoms with van der Waals surface area (Å²) in [5.74, 6) is 1.39. The second kappa shape index (κ2) is 7.32. The van der Waals surface area contributed by atoms with Crippen LogP contribution in [-0.2, 0) is 4.79 Å². The lowest BCUT2D eigenvalue weighted by Crippen LogP contribution is -2.30. The minimum Gasteiger partial charge on any atom is -0.479 e. The molecule has 2 heterocycles. The van der Waals surface area contributed by atoms with Crippen molar-refractivity contribution < 1.29 is 9.53 Å². The van der Waals surface area contributed by atoms with Gasteiger partial charge in [0.1, 0.15) is 5.75 Å². The van der Waals surface area contributed by atoms with Crippen LogP contribution in [0.3, 0.4) is 0 Å². The Morgan fingerprint density at radius 1 is 1.37 bits per heavy atom. The molecule has 9 heteroatoms. The molecule has 1 unspecified atom stereocenters. The highest BCUT2D eigenvalue weighted by Gasteiger charge is 2.30. The van der Waals surface area contributed by atoms with E-state index in [4.69, 9.17) is 16.3 Å². The van der Waals surface area contributed by atoms with E-state index in [0.717, 1.165) is 18.7 Å². The summed E-state index contributed by atoms with van der Waals surface area (Å²) in [5.41, 5.74) is 1.21. The Hall–Kier alpha value is -3.00. The number of carbonyl (C=O) groups excluding carboxylic acids is 1. The summed E-state index contributed by atoms with van der Waals surface area (Å²) in [4.78, 5) is 16.4. The number of hydrogen-bond donors (Lipinski definition) is 1. The van der Waals surface area contributed by atoms with Crippen molar-refractivity contribution in [3.8, 4) is 11.4 Å². The van der Waals surface area contributed by atoms with E-state index in [1.165, 1.54) is 0 Å². The van der Waals surface area contributed by atoms with E-state index in [0.29, 0.717) is 28.1 Å². The molecule has 138 valence electrons. The van der Waals surface area contributed by atoms with Gasteiger partial charge in [-0.15, -0.1) is 5.10 Å². The Bertz CT molecular complexity index is 957. The largest absolute Gasteiger partial charge is 0.479 e. The molecule has 1 amide bonds. The fourth-order valence-electron chi connectivity index (χ4n) is 2.63. The summed E-state index contributed by atoms with van der Waals surface area (Å²) in [6, 6.07) is 8.67. The van der Waals surface area contributed by atoms with Crippen molar-refractivity contribution in [3.05, 3.63) is 53.6 Å². The zero-order chi connectivity index (χ0) is 18.8. The second-order valence-corrected chi connectivity index (χ2v) is 6.73. The summed E-state index contributed by atoms with van der Waals surface area (Å²) in [5, 5.41) is 15.2. The lowest BCUT2D eigenvalue weighted by Gasteiger charge is -2.15. The van der Waals surface area contributed by atoms with Crippen molar-refractivity contribution in [1.82, 2.24) is 25.2 Å². The first kappa shape index (κ1) is 17.4. The van der Waals surface area contributed by atoms with Gasteiger partial charge < -0.3 is 10.1 Å². The molecule has 0 saturated heterocycles. The molecule has 1 N–H and O–H groups in total. The molecule has 0 spiro atoms. The predicted octanol–water partition coefficient (Wildman–Crippen LogP) is 2.99. The van der Waals surface area contributed by atoms with Crippen LogP contribution in [0.25, 0.3) is 5.69 Å². The molecule has 8 nitrogen and oxygen atoms in total. The number of halogens is 1. The maximum absolute atomic E-state index is 12.4. The lowest BCUT2D eigenvalue weighted by atomic mass is 10.2. The standard InChI is InChI=1S/C18H17ClN6O2/c1-11(27-14-3-2-8-20-10-14)18(26)21-13-6-7-15(19)16(9-13)25-17(12-4-5-12)22-23-24-25/h2-3,6-12H,4-5H2,1H3,(H,21,26). The molecule has 1 saturated carbocycles. The highest BCUT2D eigenvalue weighted by molar-refractivity contribution is 6.32. The van der Waals surface area contributed by atoms with Gasteiger partial charge >= 0.3 is 0 Å². The van der Waals surface area contributed by atoms with Gasteiger partial charge in [-0.3, -0.25) is 9.78 Å². The van der Waals surface area contributed by atoms with Crippen LogP contribution in [-0.4, -0.2) is 37.2 Å². The van der Waals surface area contributed by atoms with Crippen molar-refractivity contribution in [3.63, 3.8) is 0 Å². The third-order valence-corrected chi connectivity index (χ3v) is 4.51. The number of nitrogens with one attached hydrogen (secondary N) is 1. The zero-order valence-corrected chi connectivity index (χ0v) is 15.3. The first-order chi connectivity index (χ1) is 13.1. The number of carbonyl (C=O) groups is 1. The van der Waals surface area contributed by atoms with E-state index in [-0.39, 0.29) is 5.91 Å². The molecule has 1 aliphatic rings. The predicted molar refractivity (Wildman–Crippen MR) is 99.1 cm³/mol. The van der Waals surface area contributed by atoms with Gasteiger partial charge in [0.05, 0.1) is 16.9 Å². The van der Waals surface area contributed by atoms with Gasteiger partial charge in [-0.05, 0) is 60.5 Å². The number of nitrogens with zero attached hydrogens (tertiary/aromatic N) is 5. The average molecular weight is 385 g/mol. The van der Waals surface area contributed by atoms with Crippen LogP contribution < -0.4 is 10.1 Å². The fourth-order valence-corrected chi connectivity index (χ4v) is 2.83. The van der Waals surface area contributed by atoms with Gasteiger partial charge in [-0.1, -0.05) is 11.6 Å². The van der Waals surface area contributed by atoms with Gasteiger partial charge in [-0.2, -0.15) is 4.68 Å². The Labute approximate surface area is 160 Å². The van der Waals surface area contributed by atoms with Crippen LogP contribution in [0.2, 0.25) is 5.02 Å². The van der Waals surface area contributed by atoms with Crippen molar-refractivity contribution in [2.24, 2.45) is 0 Å². The SMILES string of the molecule is CC(Oc1cccnc1)C(=O)Nc1ccc(Cl)c(-n2nnnc2C2CC2)c1. The number of anilines is 1. The number of benzene rings is 1. The number of tetrazole rings is 1. The summed E-state index contributed by atoms with van der Waals surface area (Å²) < 4.78 is 7.23. The summed E-state index contributed by atoms with van der Waals surface area (Å²) in [7, 11) is 0. The van der Waals surface area contributed by atoms with Crippen molar-refractivity contribution >= 4 is 23.2 Å². The number of amides is 1. The average Bonchev–Trinajstić information content (AvgIpc) is 3.41. The van der Waals surface area contributed by atoms with E-state index in [9.17, 15) is 4.79 Å². The van der Waals surface area contributed by atoms with Gasteiger partial charge in [0.15, 0.2) is 11.9 Å². The summed E-state index contributed by atoms with van der Waals surface area (Å²) in [6.07, 6.45) is 4.64. The minimum absolute atomic E-state index is 0.286. The van der Waals surface area contributed by atoms with Crippen LogP contribution in [0.1, 0.15) is 31.5 Å². The Balaban J connectivity index is 1.51. The topological polar surface area (TPSA) is 94.8 Å². The molecule has 0 radical (unpaired) electrons. The number of hydrogen-bond acceptors (Lipinski definition) is 6. The summed E-state index contributed by atoms with van der Waals surface area (Å²) in [6.45, 7) is 1.67. The molecule has 0 bridgehead atoms. The zero-order valence-electron chi connectivity index (χ0n) is 14.5. The molecule has 1 fully saturated rings. The van der Waals surface area contributed by atoms with E-state index in [1.54, 1.807) is 54.3 Å². The molecule has 4 rings (SSSR count). The molecular weight excluding hydrogens is 368 g/mol. The maximum Gasteiger partial charge on any atom is 0.265 e. The lowest BCUT2D eigenvalue weighted by molar-refractivity contribution is -0.122. The number of aromatic nitrogens is 5. The van der Waals surface area contributed by atoms with Crippen LogP contribution >= 0.6 is 11.6 Å². The van der Waals surface area contributed by atoms with E-state index in [2.05, 4.69) is 25.8 Å². The third-order valence-electron chi connectivity index (χ3n) is 4.19. The van der Waals surface area contributed by atoms with Crippen molar-refractivity contribution in [2.45, 2.75) is 31.8 Å². The second-order valence-electron chi connectivity index (χ2n) is 6.33. The highest BCUT2D eigenvalue weighted by atomic mass is 35.5. The monoisotopic (exact) mass is 384 g/mol. The van der Waals surface area contributed by atoms with Crippen LogP contribution in [0.15, 0.2) is 42.7 Å². The van der Waals surface area contributed by atoms with Crippen LogP contribution in [0.4, 0.5) is 5.69 Å². The highest BCUT2D eigenvalue weighted by Crippen LogP contribution is 2.40. The van der Waals surface area contributed by atoms with Gasteiger partial charge in [0.25, 0.3) is 5.91 Å². The fraction of sp³-hybridized carbons (Fsp3) is 0.278. The van der Waals surface area contributed by atoms with E-state index < -0.39 is 6.10 Å². The Morgan fingerprint density at radius 3 is 2.96 bits per heavy atom. The Kier molecular flexibility index (Phi) is 4.72. The van der Waals surface area contributed by atoms with Crippen LogP contribution in [0.5, 0.6) is 5.75 Å². The third kappa shape index (κ3) is 3.90. The maximum atomic E-state index is 12.4. The first-order valence-electron chi connectivity index (χ1n) is 8.57. The van der Waals surface area contributed by atoms with Gasteiger partial charge in [0, 0.05) is 17.8 Å². The summed E-state index contributed by atoms with van der Waals surface area (Å²) >= 11 is 6.33. The molecule has 1 atom stereocenters.